The Kier molecular flexibility index (Phi) is 5.17. The zero-order valence-corrected chi connectivity index (χ0v) is 19.2. The van der Waals surface area contributed by atoms with E-state index in [0.717, 1.165) is 0 Å². The molecule has 1 aliphatic carbocycles. The van der Waals surface area contributed by atoms with Crippen LogP contribution in [0.25, 0.3) is 33.5 Å². The Morgan fingerprint density at radius 1 is 0.871 bits per heavy atom. The second kappa shape index (κ2) is 8.00. The molecular formula is C29H33N2+. The van der Waals surface area contributed by atoms with E-state index in [1.807, 2.05) is 0 Å². The lowest BCUT2D eigenvalue weighted by atomic mass is 9.99. The third kappa shape index (κ3) is 3.48. The van der Waals surface area contributed by atoms with Gasteiger partial charge in [0.25, 0.3) is 5.82 Å². The van der Waals surface area contributed by atoms with E-state index < -0.39 is 0 Å². The smallest absolute Gasteiger partial charge is 0.226 e. The molecule has 1 fully saturated rings. The Morgan fingerprint density at radius 2 is 1.61 bits per heavy atom. The standard InChI is InChI=1S/C29H33N2/c1-20(2)23-16-17-27-28(19-23)30(4)29(31(27)25-12-8-9-13-25)26-18-24(15-14-21(26)3)22-10-6-5-7-11-22/h5-7,10-11,14-20,25H,8-9,12-13H2,1-4H3/q+1. The summed E-state index contributed by atoms with van der Waals surface area (Å²) in [6.45, 7) is 6.81. The monoisotopic (exact) mass is 409 g/mol. The number of hydrogen-bond donors (Lipinski definition) is 0. The average molecular weight is 410 g/mol. The Hall–Kier alpha value is -2.87. The first-order chi connectivity index (χ1) is 15.0. The van der Waals surface area contributed by atoms with Gasteiger partial charge in [0.15, 0.2) is 11.0 Å². The number of aryl methyl sites for hydroxylation is 2. The minimum Gasteiger partial charge on any atom is -0.226 e. The van der Waals surface area contributed by atoms with Gasteiger partial charge in [-0.3, -0.25) is 0 Å². The molecule has 1 heterocycles. The molecule has 5 rings (SSSR count). The van der Waals surface area contributed by atoms with Crippen LogP contribution in [-0.4, -0.2) is 4.57 Å². The van der Waals surface area contributed by atoms with E-state index in [9.17, 15) is 0 Å². The number of rotatable bonds is 4. The van der Waals surface area contributed by atoms with E-state index in [4.69, 9.17) is 0 Å². The maximum absolute atomic E-state index is 2.66. The van der Waals surface area contributed by atoms with E-state index in [1.54, 1.807) is 0 Å². The summed E-state index contributed by atoms with van der Waals surface area (Å²) >= 11 is 0. The molecule has 0 unspecified atom stereocenters. The lowest BCUT2D eigenvalue weighted by molar-refractivity contribution is -0.634. The van der Waals surface area contributed by atoms with Crippen molar-refractivity contribution < 1.29 is 4.57 Å². The molecule has 0 saturated heterocycles. The molecule has 0 spiro atoms. The molecule has 158 valence electrons. The first-order valence-electron chi connectivity index (χ1n) is 11.7. The van der Waals surface area contributed by atoms with Gasteiger partial charge in [-0.05, 0) is 79.0 Å². The summed E-state index contributed by atoms with van der Waals surface area (Å²) in [5.74, 6) is 1.88. The Balaban J connectivity index is 1.78. The quantitative estimate of drug-likeness (QED) is 0.312. The zero-order chi connectivity index (χ0) is 21.5. The molecule has 31 heavy (non-hydrogen) atoms. The molecule has 0 amide bonds. The predicted octanol–water partition coefficient (Wildman–Crippen LogP) is 7.35. The maximum atomic E-state index is 2.66. The van der Waals surface area contributed by atoms with Crippen molar-refractivity contribution in [2.45, 2.75) is 58.4 Å². The van der Waals surface area contributed by atoms with E-state index >= 15 is 0 Å². The van der Waals surface area contributed by atoms with Crippen molar-refractivity contribution in [2.75, 3.05) is 0 Å². The molecule has 1 saturated carbocycles. The van der Waals surface area contributed by atoms with Crippen LogP contribution in [0.1, 0.15) is 62.6 Å². The number of nitrogens with zero attached hydrogens (tertiary/aromatic N) is 2. The lowest BCUT2D eigenvalue weighted by Gasteiger charge is -2.13. The summed E-state index contributed by atoms with van der Waals surface area (Å²) in [5.41, 5.74) is 9.37. The normalized spacial score (nSPS) is 14.7. The molecule has 0 radical (unpaired) electrons. The van der Waals surface area contributed by atoms with Gasteiger partial charge in [0.2, 0.25) is 0 Å². The second-order valence-corrected chi connectivity index (χ2v) is 9.49. The molecule has 0 bridgehead atoms. The molecule has 3 aromatic carbocycles. The van der Waals surface area contributed by atoms with Crippen molar-refractivity contribution in [2.24, 2.45) is 7.05 Å². The van der Waals surface area contributed by atoms with Crippen LogP contribution in [0.15, 0.2) is 66.7 Å². The van der Waals surface area contributed by atoms with Crippen LogP contribution < -0.4 is 4.57 Å². The fourth-order valence-electron chi connectivity index (χ4n) is 5.28. The lowest BCUT2D eigenvalue weighted by Crippen LogP contribution is -2.31. The van der Waals surface area contributed by atoms with Crippen molar-refractivity contribution in [1.82, 2.24) is 4.57 Å². The summed E-state index contributed by atoms with van der Waals surface area (Å²) in [7, 11) is 2.25. The van der Waals surface area contributed by atoms with Crippen molar-refractivity contribution >= 4 is 11.0 Å². The highest BCUT2D eigenvalue weighted by Gasteiger charge is 2.32. The van der Waals surface area contributed by atoms with Gasteiger partial charge in [0.1, 0.15) is 6.04 Å². The van der Waals surface area contributed by atoms with Crippen molar-refractivity contribution in [3.05, 3.63) is 77.9 Å². The number of aromatic nitrogens is 2. The molecule has 0 N–H and O–H groups in total. The highest BCUT2D eigenvalue weighted by Crippen LogP contribution is 2.38. The number of imidazole rings is 1. The topological polar surface area (TPSA) is 8.81 Å². The van der Waals surface area contributed by atoms with Gasteiger partial charge in [0, 0.05) is 0 Å². The van der Waals surface area contributed by atoms with Crippen LogP contribution in [0.4, 0.5) is 0 Å². The molecule has 1 aromatic heterocycles. The van der Waals surface area contributed by atoms with Crippen LogP contribution in [0.3, 0.4) is 0 Å². The van der Waals surface area contributed by atoms with Gasteiger partial charge in [-0.1, -0.05) is 62.4 Å². The van der Waals surface area contributed by atoms with Gasteiger partial charge in [-0.2, -0.15) is 0 Å². The van der Waals surface area contributed by atoms with Gasteiger partial charge in [0.05, 0.1) is 12.6 Å². The fourth-order valence-corrected chi connectivity index (χ4v) is 5.28. The highest BCUT2D eigenvalue weighted by atomic mass is 15.2. The summed E-state index contributed by atoms with van der Waals surface area (Å²) in [6.07, 6.45) is 5.22. The largest absolute Gasteiger partial charge is 0.290 e. The Morgan fingerprint density at radius 3 is 2.32 bits per heavy atom. The number of benzene rings is 3. The summed E-state index contributed by atoms with van der Waals surface area (Å²) in [5, 5.41) is 0. The van der Waals surface area contributed by atoms with Crippen LogP contribution in [-0.2, 0) is 7.05 Å². The van der Waals surface area contributed by atoms with Crippen molar-refractivity contribution in [1.29, 1.82) is 0 Å². The van der Waals surface area contributed by atoms with Gasteiger partial charge in [-0.25, -0.2) is 9.13 Å². The van der Waals surface area contributed by atoms with E-state index in [1.165, 1.54) is 70.4 Å². The van der Waals surface area contributed by atoms with E-state index in [-0.39, 0.29) is 0 Å². The van der Waals surface area contributed by atoms with Gasteiger partial charge >= 0.3 is 0 Å². The first kappa shape index (κ1) is 20.1. The fraction of sp³-hybridized carbons (Fsp3) is 0.345. The van der Waals surface area contributed by atoms with E-state index in [0.29, 0.717) is 12.0 Å². The second-order valence-electron chi connectivity index (χ2n) is 9.49. The Bertz CT molecular complexity index is 1220. The molecule has 2 heteroatoms. The molecular weight excluding hydrogens is 376 g/mol. The van der Waals surface area contributed by atoms with Crippen LogP contribution >= 0.6 is 0 Å². The summed E-state index contributed by atoms with van der Waals surface area (Å²) in [4.78, 5) is 0. The third-order valence-electron chi connectivity index (χ3n) is 7.11. The first-order valence-corrected chi connectivity index (χ1v) is 11.7. The maximum Gasteiger partial charge on any atom is 0.290 e. The average Bonchev–Trinajstić information content (AvgIpc) is 3.41. The summed E-state index contributed by atoms with van der Waals surface area (Å²) < 4.78 is 5.10. The molecule has 4 aromatic rings. The van der Waals surface area contributed by atoms with Gasteiger partial charge < -0.3 is 0 Å². The molecule has 0 aliphatic heterocycles. The van der Waals surface area contributed by atoms with Crippen LogP contribution in [0, 0.1) is 6.92 Å². The van der Waals surface area contributed by atoms with Crippen molar-refractivity contribution in [3.8, 4) is 22.5 Å². The SMILES string of the molecule is Cc1ccc(-c2ccccc2)cc1-c1n(C2CCCC2)c2ccc(C(C)C)cc2[n+]1C. The van der Waals surface area contributed by atoms with Crippen LogP contribution in [0.2, 0.25) is 0 Å². The van der Waals surface area contributed by atoms with Crippen LogP contribution in [0.5, 0.6) is 0 Å². The molecule has 2 nitrogen and oxygen atoms in total. The highest BCUT2D eigenvalue weighted by molar-refractivity contribution is 5.79. The number of fused-ring (bicyclic) bond motifs is 1. The summed E-state index contributed by atoms with van der Waals surface area (Å²) in [6, 6.07) is 25.4. The minimum atomic E-state index is 0.533. The Labute approximate surface area is 186 Å². The van der Waals surface area contributed by atoms with Crippen molar-refractivity contribution in [3.63, 3.8) is 0 Å². The molecule has 1 aliphatic rings. The molecule has 0 atom stereocenters. The third-order valence-corrected chi connectivity index (χ3v) is 7.11. The number of hydrogen-bond acceptors (Lipinski definition) is 0. The van der Waals surface area contributed by atoms with E-state index in [2.05, 4.69) is 104 Å². The zero-order valence-electron chi connectivity index (χ0n) is 19.2. The minimum absolute atomic E-state index is 0.533. The van der Waals surface area contributed by atoms with Gasteiger partial charge in [-0.15, -0.1) is 0 Å². The predicted molar refractivity (Wildman–Crippen MR) is 130 cm³/mol.